The third-order valence-corrected chi connectivity index (χ3v) is 4.56. The van der Waals surface area contributed by atoms with Crippen molar-refractivity contribution in [1.82, 2.24) is 19.7 Å². The number of aromatic nitrogens is 4. The number of anilines is 1. The van der Waals surface area contributed by atoms with E-state index in [1.165, 1.54) is 6.26 Å². The molecular weight excluding hydrogens is 326 g/mol. The van der Waals surface area contributed by atoms with E-state index in [1.807, 2.05) is 19.3 Å². The maximum atomic E-state index is 11.5. The lowest BCUT2D eigenvalue weighted by Gasteiger charge is -2.06. The summed E-state index contributed by atoms with van der Waals surface area (Å²) in [4.78, 5) is 8.96. The fourth-order valence-electron chi connectivity index (χ4n) is 2.20. The predicted molar refractivity (Wildman–Crippen MR) is 91.1 cm³/mol. The summed E-state index contributed by atoms with van der Waals surface area (Å²) >= 11 is 0. The summed E-state index contributed by atoms with van der Waals surface area (Å²) in [7, 11) is -1.34. The zero-order chi connectivity index (χ0) is 17.2. The number of nitrogens with one attached hydrogen (secondary N) is 1. The van der Waals surface area contributed by atoms with Gasteiger partial charge in [0.1, 0.15) is 5.82 Å². The molecule has 2 aromatic heterocycles. The Labute approximate surface area is 140 Å². The molecule has 3 aromatic rings. The van der Waals surface area contributed by atoms with Gasteiger partial charge in [-0.15, -0.1) is 0 Å². The van der Waals surface area contributed by atoms with Crippen molar-refractivity contribution in [2.24, 2.45) is 7.05 Å². The lowest BCUT2D eigenvalue weighted by molar-refractivity contribution is 0.602. The molecule has 7 nitrogen and oxygen atoms in total. The number of sulfone groups is 1. The van der Waals surface area contributed by atoms with Gasteiger partial charge in [0, 0.05) is 25.1 Å². The first kappa shape index (κ1) is 16.1. The number of benzene rings is 1. The molecule has 3 rings (SSSR count). The molecule has 0 saturated carbocycles. The van der Waals surface area contributed by atoms with Crippen molar-refractivity contribution in [3.8, 4) is 11.3 Å². The number of rotatable bonds is 5. The number of hydrogen-bond acceptors (Lipinski definition) is 6. The van der Waals surface area contributed by atoms with Crippen molar-refractivity contribution in [3.05, 3.63) is 54.6 Å². The molecule has 0 aliphatic heterocycles. The monoisotopic (exact) mass is 343 g/mol. The SMILES string of the molecule is Cn1ccc(CNc2cncc(-c3ccc(S(C)(=O)=O)cc3)n2)n1. The van der Waals surface area contributed by atoms with Crippen molar-refractivity contribution in [1.29, 1.82) is 0 Å². The fraction of sp³-hybridized carbons (Fsp3) is 0.188. The van der Waals surface area contributed by atoms with Crippen molar-refractivity contribution in [2.75, 3.05) is 11.6 Å². The Morgan fingerprint density at radius 2 is 1.88 bits per heavy atom. The zero-order valence-corrected chi connectivity index (χ0v) is 14.2. The van der Waals surface area contributed by atoms with E-state index in [0.717, 1.165) is 11.3 Å². The van der Waals surface area contributed by atoms with Crippen LogP contribution in [0.4, 0.5) is 5.82 Å². The first-order valence-corrected chi connectivity index (χ1v) is 9.16. The van der Waals surface area contributed by atoms with Crippen molar-refractivity contribution >= 4 is 15.7 Å². The molecule has 0 bridgehead atoms. The predicted octanol–water partition coefficient (Wildman–Crippen LogP) is 1.89. The maximum absolute atomic E-state index is 11.5. The van der Waals surface area contributed by atoms with E-state index in [2.05, 4.69) is 20.4 Å². The summed E-state index contributed by atoms with van der Waals surface area (Å²) < 4.78 is 24.8. The standard InChI is InChI=1S/C16H17N5O2S/c1-21-8-7-13(20-21)9-18-16-11-17-10-15(19-16)12-3-5-14(6-4-12)24(2,22)23/h3-8,10-11H,9H2,1-2H3,(H,18,19). The summed E-state index contributed by atoms with van der Waals surface area (Å²) in [6.07, 6.45) is 6.34. The summed E-state index contributed by atoms with van der Waals surface area (Å²) in [5.74, 6) is 0.630. The molecule has 0 atom stereocenters. The fourth-order valence-corrected chi connectivity index (χ4v) is 2.83. The highest BCUT2D eigenvalue weighted by molar-refractivity contribution is 7.90. The van der Waals surface area contributed by atoms with Gasteiger partial charge in [-0.1, -0.05) is 12.1 Å². The van der Waals surface area contributed by atoms with Crippen LogP contribution in [-0.2, 0) is 23.4 Å². The van der Waals surface area contributed by atoms with Crippen molar-refractivity contribution in [3.63, 3.8) is 0 Å². The summed E-state index contributed by atoms with van der Waals surface area (Å²) in [5, 5.41) is 7.46. The molecule has 24 heavy (non-hydrogen) atoms. The van der Waals surface area contributed by atoms with Crippen LogP contribution < -0.4 is 5.32 Å². The average molecular weight is 343 g/mol. The molecule has 0 aliphatic carbocycles. The van der Waals surface area contributed by atoms with Crippen LogP contribution in [0.1, 0.15) is 5.69 Å². The Kier molecular flexibility index (Phi) is 4.30. The van der Waals surface area contributed by atoms with Gasteiger partial charge in [0.15, 0.2) is 9.84 Å². The van der Waals surface area contributed by atoms with Gasteiger partial charge >= 0.3 is 0 Å². The van der Waals surface area contributed by atoms with E-state index < -0.39 is 9.84 Å². The van der Waals surface area contributed by atoms with E-state index >= 15 is 0 Å². The van der Waals surface area contributed by atoms with Gasteiger partial charge in [-0.2, -0.15) is 5.10 Å². The molecule has 8 heteroatoms. The van der Waals surface area contributed by atoms with E-state index in [0.29, 0.717) is 18.1 Å². The van der Waals surface area contributed by atoms with Crippen LogP contribution in [0.25, 0.3) is 11.3 Å². The molecule has 2 heterocycles. The van der Waals surface area contributed by atoms with Gasteiger partial charge in [0.05, 0.1) is 35.2 Å². The molecule has 0 amide bonds. The highest BCUT2D eigenvalue weighted by Gasteiger charge is 2.08. The third kappa shape index (κ3) is 3.77. The van der Waals surface area contributed by atoms with Crippen LogP contribution in [0.3, 0.4) is 0 Å². The van der Waals surface area contributed by atoms with Crippen LogP contribution in [-0.4, -0.2) is 34.4 Å². The third-order valence-electron chi connectivity index (χ3n) is 3.43. The molecule has 0 radical (unpaired) electrons. The number of nitrogens with zero attached hydrogens (tertiary/aromatic N) is 4. The molecular formula is C16H17N5O2S. The molecule has 124 valence electrons. The zero-order valence-electron chi connectivity index (χ0n) is 13.3. The van der Waals surface area contributed by atoms with E-state index in [1.54, 1.807) is 41.3 Å². The van der Waals surface area contributed by atoms with Crippen LogP contribution in [0.15, 0.2) is 53.8 Å². The van der Waals surface area contributed by atoms with Crippen LogP contribution in [0.5, 0.6) is 0 Å². The minimum Gasteiger partial charge on any atom is -0.363 e. The van der Waals surface area contributed by atoms with E-state index in [9.17, 15) is 8.42 Å². The molecule has 0 saturated heterocycles. The first-order valence-electron chi connectivity index (χ1n) is 7.27. The van der Waals surface area contributed by atoms with Crippen molar-refractivity contribution in [2.45, 2.75) is 11.4 Å². The molecule has 0 fully saturated rings. The van der Waals surface area contributed by atoms with E-state index in [-0.39, 0.29) is 4.90 Å². The average Bonchev–Trinajstić information content (AvgIpc) is 2.98. The molecule has 0 unspecified atom stereocenters. The minimum atomic E-state index is -3.20. The maximum Gasteiger partial charge on any atom is 0.175 e. The van der Waals surface area contributed by atoms with Gasteiger partial charge in [-0.3, -0.25) is 9.67 Å². The van der Waals surface area contributed by atoms with Crippen molar-refractivity contribution < 1.29 is 8.42 Å². The Bertz CT molecular complexity index is 949. The number of aryl methyl sites for hydroxylation is 1. The lowest BCUT2D eigenvalue weighted by atomic mass is 10.2. The molecule has 0 aliphatic rings. The van der Waals surface area contributed by atoms with E-state index in [4.69, 9.17) is 0 Å². The summed E-state index contributed by atoms with van der Waals surface area (Å²) in [5.41, 5.74) is 2.37. The van der Waals surface area contributed by atoms with Crippen LogP contribution in [0.2, 0.25) is 0 Å². The van der Waals surface area contributed by atoms with Gasteiger partial charge in [0.2, 0.25) is 0 Å². The highest BCUT2D eigenvalue weighted by Crippen LogP contribution is 2.20. The second kappa shape index (κ2) is 6.40. The second-order valence-electron chi connectivity index (χ2n) is 5.42. The second-order valence-corrected chi connectivity index (χ2v) is 7.44. The summed E-state index contributed by atoms with van der Waals surface area (Å²) in [6, 6.07) is 8.51. The van der Waals surface area contributed by atoms with Gasteiger partial charge in [-0.25, -0.2) is 13.4 Å². The van der Waals surface area contributed by atoms with Gasteiger partial charge in [-0.05, 0) is 18.2 Å². The summed E-state index contributed by atoms with van der Waals surface area (Å²) in [6.45, 7) is 0.548. The Balaban J connectivity index is 1.77. The Morgan fingerprint density at radius 3 is 2.50 bits per heavy atom. The minimum absolute atomic E-state index is 0.281. The first-order chi connectivity index (χ1) is 11.4. The Hall–Kier alpha value is -2.74. The van der Waals surface area contributed by atoms with Crippen LogP contribution in [0, 0.1) is 0 Å². The van der Waals surface area contributed by atoms with Gasteiger partial charge in [0.25, 0.3) is 0 Å². The normalized spacial score (nSPS) is 11.4. The topological polar surface area (TPSA) is 89.8 Å². The molecule has 0 spiro atoms. The lowest BCUT2D eigenvalue weighted by Crippen LogP contribution is -2.04. The number of hydrogen-bond donors (Lipinski definition) is 1. The largest absolute Gasteiger partial charge is 0.363 e. The molecule has 1 aromatic carbocycles. The quantitative estimate of drug-likeness (QED) is 0.761. The highest BCUT2D eigenvalue weighted by atomic mass is 32.2. The van der Waals surface area contributed by atoms with Gasteiger partial charge < -0.3 is 5.32 Å². The smallest absolute Gasteiger partial charge is 0.175 e. The molecule has 1 N–H and O–H groups in total. The van der Waals surface area contributed by atoms with Crippen LogP contribution >= 0.6 is 0 Å². The Morgan fingerprint density at radius 1 is 1.12 bits per heavy atom.